The molecule has 3 rings (SSSR count). The molecule has 10 heteroatoms. The summed E-state index contributed by atoms with van der Waals surface area (Å²) >= 11 is 0. The molecular weight excluding hydrogens is 395 g/mol. The molecule has 0 unspecified atom stereocenters. The topological polar surface area (TPSA) is 83.1 Å². The minimum Gasteiger partial charge on any atom is -0.486 e. The van der Waals surface area contributed by atoms with E-state index in [9.17, 15) is 22.8 Å². The second kappa shape index (κ2) is 8.72. The normalized spacial score (nSPS) is 15.3. The Labute approximate surface area is 163 Å². The molecule has 2 aromatic carbocycles. The van der Waals surface area contributed by atoms with Crippen molar-refractivity contribution >= 4 is 11.9 Å². The number of carbonyl (C=O) groups is 2. The third kappa shape index (κ3) is 6.03. The van der Waals surface area contributed by atoms with Gasteiger partial charge in [-0.3, -0.25) is 4.79 Å². The molecule has 1 amide bonds. The number of ether oxygens (including phenoxy) is 4. The first kappa shape index (κ1) is 20.3. The molecule has 0 radical (unpaired) electrons. The number of esters is 1. The first-order chi connectivity index (χ1) is 13.8. The maximum atomic E-state index is 12.1. The Morgan fingerprint density at radius 1 is 1.07 bits per heavy atom. The largest absolute Gasteiger partial charge is 0.573 e. The number of alkyl halides is 3. The first-order valence-electron chi connectivity index (χ1n) is 8.48. The number of para-hydroxylation sites is 2. The van der Waals surface area contributed by atoms with Crippen LogP contribution in [0.1, 0.15) is 10.4 Å². The van der Waals surface area contributed by atoms with E-state index in [1.54, 1.807) is 18.2 Å². The Morgan fingerprint density at radius 2 is 1.76 bits per heavy atom. The van der Waals surface area contributed by atoms with Gasteiger partial charge in [0, 0.05) is 0 Å². The smallest absolute Gasteiger partial charge is 0.486 e. The van der Waals surface area contributed by atoms with Crippen LogP contribution < -0.4 is 19.5 Å². The average Bonchev–Trinajstić information content (AvgIpc) is 2.69. The first-order valence-corrected chi connectivity index (χ1v) is 8.48. The Hall–Kier alpha value is -3.43. The monoisotopic (exact) mass is 411 g/mol. The predicted molar refractivity (Wildman–Crippen MR) is 92.8 cm³/mol. The zero-order valence-electron chi connectivity index (χ0n) is 14.9. The highest BCUT2D eigenvalue weighted by Gasteiger charge is 2.31. The Kier molecular flexibility index (Phi) is 6.10. The average molecular weight is 411 g/mol. The summed E-state index contributed by atoms with van der Waals surface area (Å²) in [7, 11) is 0. The molecule has 7 nitrogen and oxygen atoms in total. The molecule has 0 spiro atoms. The van der Waals surface area contributed by atoms with Crippen molar-refractivity contribution in [2.45, 2.75) is 12.5 Å². The fraction of sp³-hybridized carbons (Fsp3) is 0.263. The van der Waals surface area contributed by atoms with E-state index in [1.165, 1.54) is 0 Å². The van der Waals surface area contributed by atoms with Gasteiger partial charge in [-0.1, -0.05) is 12.1 Å². The van der Waals surface area contributed by atoms with Crippen LogP contribution in [0.15, 0.2) is 48.5 Å². The van der Waals surface area contributed by atoms with Crippen LogP contribution in [0.3, 0.4) is 0 Å². The summed E-state index contributed by atoms with van der Waals surface area (Å²) in [6, 6.07) is 11.3. The minimum atomic E-state index is -4.82. The van der Waals surface area contributed by atoms with Crippen LogP contribution in [0.4, 0.5) is 13.2 Å². The van der Waals surface area contributed by atoms with Crippen molar-refractivity contribution in [1.29, 1.82) is 0 Å². The molecule has 0 aliphatic carbocycles. The third-order valence-corrected chi connectivity index (χ3v) is 3.75. The third-order valence-electron chi connectivity index (χ3n) is 3.75. The van der Waals surface area contributed by atoms with E-state index < -0.39 is 36.7 Å². The molecule has 0 bridgehead atoms. The van der Waals surface area contributed by atoms with Crippen molar-refractivity contribution in [3.8, 4) is 17.2 Å². The molecule has 1 N–H and O–H groups in total. The van der Waals surface area contributed by atoms with Crippen LogP contribution in [0, 0.1) is 0 Å². The lowest BCUT2D eigenvalue weighted by Gasteiger charge is -2.26. The van der Waals surface area contributed by atoms with Gasteiger partial charge in [0.05, 0.1) is 12.1 Å². The molecule has 0 saturated heterocycles. The zero-order valence-corrected chi connectivity index (χ0v) is 14.9. The summed E-state index contributed by atoms with van der Waals surface area (Å²) in [6.07, 6.45) is -5.22. The van der Waals surface area contributed by atoms with E-state index in [2.05, 4.69) is 10.1 Å². The molecule has 1 atom stereocenters. The lowest BCUT2D eigenvalue weighted by molar-refractivity contribution is -0.274. The second-order valence-electron chi connectivity index (χ2n) is 5.95. The van der Waals surface area contributed by atoms with Gasteiger partial charge in [0.15, 0.2) is 18.1 Å². The summed E-state index contributed by atoms with van der Waals surface area (Å²) in [4.78, 5) is 23.7. The minimum absolute atomic E-state index is 0.0204. The molecule has 1 aliphatic heterocycles. The number of hydrogen-bond acceptors (Lipinski definition) is 6. The summed E-state index contributed by atoms with van der Waals surface area (Å²) in [5, 5.41) is 2.56. The van der Waals surface area contributed by atoms with Crippen molar-refractivity contribution in [2.75, 3.05) is 19.8 Å². The summed E-state index contributed by atoms with van der Waals surface area (Å²) < 4.78 is 56.1. The van der Waals surface area contributed by atoms with E-state index in [-0.39, 0.29) is 18.7 Å². The fourth-order valence-corrected chi connectivity index (χ4v) is 2.45. The van der Waals surface area contributed by atoms with Crippen LogP contribution in [-0.4, -0.2) is 44.1 Å². The number of benzene rings is 2. The summed E-state index contributed by atoms with van der Waals surface area (Å²) in [6.45, 7) is -0.151. The molecule has 2 aromatic rings. The zero-order chi connectivity index (χ0) is 20.9. The number of hydrogen-bond donors (Lipinski definition) is 1. The lowest BCUT2D eigenvalue weighted by Crippen LogP contribution is -2.42. The second-order valence-corrected chi connectivity index (χ2v) is 5.95. The molecule has 0 fully saturated rings. The highest BCUT2D eigenvalue weighted by atomic mass is 19.4. The van der Waals surface area contributed by atoms with Gasteiger partial charge in [0.2, 0.25) is 0 Å². The Balaban J connectivity index is 1.41. The highest BCUT2D eigenvalue weighted by Crippen LogP contribution is 2.30. The summed E-state index contributed by atoms with van der Waals surface area (Å²) in [5.41, 5.74) is -0.0204. The molecule has 1 aliphatic rings. The molecule has 1 heterocycles. The van der Waals surface area contributed by atoms with E-state index in [4.69, 9.17) is 14.2 Å². The molecule has 154 valence electrons. The number of nitrogens with one attached hydrogen (secondary N) is 1. The molecule has 0 aromatic heterocycles. The van der Waals surface area contributed by atoms with Gasteiger partial charge < -0.3 is 24.3 Å². The molecule has 0 saturated carbocycles. The van der Waals surface area contributed by atoms with E-state index in [1.807, 2.05) is 6.07 Å². The number of fused-ring (bicyclic) bond motifs is 1. The Bertz CT molecular complexity index is 869. The Morgan fingerprint density at radius 3 is 2.45 bits per heavy atom. The van der Waals surface area contributed by atoms with Gasteiger partial charge in [-0.2, -0.15) is 0 Å². The van der Waals surface area contributed by atoms with Gasteiger partial charge >= 0.3 is 12.3 Å². The molecule has 29 heavy (non-hydrogen) atoms. The molecular formula is C19H16F3NO6. The van der Waals surface area contributed by atoms with Crippen molar-refractivity contribution in [3.05, 3.63) is 54.1 Å². The summed E-state index contributed by atoms with van der Waals surface area (Å²) in [5.74, 6) is -0.691. The SMILES string of the molecule is O=C(COC(=O)c1ccc(OC(F)(F)F)cc1)NC[C@H]1COc2ccccc2O1. The van der Waals surface area contributed by atoms with Crippen molar-refractivity contribution < 1.29 is 41.7 Å². The van der Waals surface area contributed by atoms with Gasteiger partial charge in [-0.05, 0) is 36.4 Å². The van der Waals surface area contributed by atoms with Crippen LogP contribution in [-0.2, 0) is 9.53 Å². The quantitative estimate of drug-likeness (QED) is 0.736. The van der Waals surface area contributed by atoms with Crippen molar-refractivity contribution in [3.63, 3.8) is 0 Å². The van der Waals surface area contributed by atoms with E-state index in [0.717, 1.165) is 24.3 Å². The van der Waals surface area contributed by atoms with Gasteiger partial charge in [-0.15, -0.1) is 13.2 Å². The van der Waals surface area contributed by atoms with E-state index >= 15 is 0 Å². The van der Waals surface area contributed by atoms with Gasteiger partial charge in [0.1, 0.15) is 18.5 Å². The maximum Gasteiger partial charge on any atom is 0.573 e. The fourth-order valence-electron chi connectivity index (χ4n) is 2.45. The number of carbonyl (C=O) groups excluding carboxylic acids is 2. The number of halogens is 3. The van der Waals surface area contributed by atoms with Gasteiger partial charge in [-0.25, -0.2) is 4.79 Å². The number of rotatable bonds is 6. The maximum absolute atomic E-state index is 12.1. The lowest BCUT2D eigenvalue weighted by atomic mass is 10.2. The van der Waals surface area contributed by atoms with Crippen molar-refractivity contribution in [2.24, 2.45) is 0 Å². The van der Waals surface area contributed by atoms with Crippen LogP contribution in [0.2, 0.25) is 0 Å². The van der Waals surface area contributed by atoms with E-state index in [0.29, 0.717) is 11.5 Å². The van der Waals surface area contributed by atoms with Gasteiger partial charge in [0.25, 0.3) is 5.91 Å². The standard InChI is InChI=1S/C19H16F3NO6/c20-19(21,22)29-13-7-5-12(6-8-13)18(25)27-11-17(24)23-9-14-10-26-15-3-1-2-4-16(15)28-14/h1-8,14H,9-11H2,(H,23,24)/t14-/m0/s1. The van der Waals surface area contributed by atoms with Crippen LogP contribution in [0.5, 0.6) is 17.2 Å². The highest BCUT2D eigenvalue weighted by molar-refractivity contribution is 5.91. The van der Waals surface area contributed by atoms with Crippen molar-refractivity contribution in [1.82, 2.24) is 5.32 Å². The predicted octanol–water partition coefficient (Wildman–Crippen LogP) is 2.70. The van der Waals surface area contributed by atoms with Crippen LogP contribution in [0.25, 0.3) is 0 Å². The number of amides is 1. The van der Waals surface area contributed by atoms with Crippen LogP contribution >= 0.6 is 0 Å².